The van der Waals surface area contributed by atoms with Crippen LogP contribution in [0.3, 0.4) is 0 Å². The second-order valence-electron chi connectivity index (χ2n) is 4.36. The lowest BCUT2D eigenvalue weighted by Gasteiger charge is -2.13. The molecule has 0 spiro atoms. The molecule has 0 amide bonds. The summed E-state index contributed by atoms with van der Waals surface area (Å²) in [6, 6.07) is 0. The molecule has 1 aliphatic rings. The van der Waals surface area contributed by atoms with E-state index in [0.29, 0.717) is 15.7 Å². The molecule has 1 saturated heterocycles. The Morgan fingerprint density at radius 1 is 1.42 bits per heavy atom. The normalized spacial score (nSPS) is 31.1. The van der Waals surface area contributed by atoms with Gasteiger partial charge >= 0.3 is 0 Å². The van der Waals surface area contributed by atoms with E-state index < -0.39 is 24.4 Å². The zero-order valence-electron chi connectivity index (χ0n) is 9.68. The molecule has 4 N–H and O–H groups in total. The smallest absolute Gasteiger partial charge is 0.124 e. The van der Waals surface area contributed by atoms with Crippen LogP contribution in [0.5, 0.6) is 0 Å². The van der Waals surface area contributed by atoms with E-state index >= 15 is 0 Å². The van der Waals surface area contributed by atoms with Crippen molar-refractivity contribution in [3.05, 3.63) is 21.9 Å². The number of rotatable bonds is 2. The molecule has 0 unspecified atom stereocenters. The lowest BCUT2D eigenvalue weighted by molar-refractivity contribution is -0.0223. The Balaban J connectivity index is 2.06. The van der Waals surface area contributed by atoms with Crippen LogP contribution >= 0.6 is 23.6 Å². The van der Waals surface area contributed by atoms with Crippen molar-refractivity contribution in [2.75, 3.05) is 6.61 Å². The van der Waals surface area contributed by atoms with Crippen LogP contribution in [0.4, 0.5) is 0 Å². The molecule has 0 radical (unpaired) electrons. The second kappa shape index (κ2) is 4.89. The van der Waals surface area contributed by atoms with E-state index in [2.05, 4.69) is 9.97 Å². The quantitative estimate of drug-likeness (QED) is 0.603. The topological polar surface area (TPSA) is 98.6 Å². The number of aromatic nitrogens is 2. The van der Waals surface area contributed by atoms with Gasteiger partial charge in [-0.15, -0.1) is 11.3 Å². The van der Waals surface area contributed by atoms with Gasteiger partial charge in [-0.25, -0.2) is 4.98 Å². The van der Waals surface area contributed by atoms with Crippen LogP contribution in [0.1, 0.15) is 11.7 Å². The summed E-state index contributed by atoms with van der Waals surface area (Å²) in [5.74, 6) is 0. The van der Waals surface area contributed by atoms with Gasteiger partial charge in [-0.05, 0) is 5.38 Å². The maximum Gasteiger partial charge on any atom is 0.124 e. The summed E-state index contributed by atoms with van der Waals surface area (Å²) in [5.41, 5.74) is 1.34. The summed E-state index contributed by atoms with van der Waals surface area (Å²) >= 11 is 6.57. The van der Waals surface area contributed by atoms with Crippen molar-refractivity contribution < 1.29 is 20.1 Å². The molecule has 4 atom stereocenters. The van der Waals surface area contributed by atoms with E-state index in [9.17, 15) is 10.2 Å². The van der Waals surface area contributed by atoms with Crippen molar-refractivity contribution in [1.29, 1.82) is 0 Å². The minimum atomic E-state index is -1.11. The van der Waals surface area contributed by atoms with E-state index in [1.54, 1.807) is 0 Å². The molecule has 1 fully saturated rings. The van der Waals surface area contributed by atoms with Crippen LogP contribution in [0, 0.1) is 4.64 Å². The molecule has 2 aromatic rings. The van der Waals surface area contributed by atoms with Gasteiger partial charge in [-0.1, -0.05) is 12.2 Å². The Labute approximate surface area is 117 Å². The van der Waals surface area contributed by atoms with Gasteiger partial charge in [0.15, 0.2) is 0 Å². The second-order valence-corrected chi connectivity index (χ2v) is 5.65. The fourth-order valence-electron chi connectivity index (χ4n) is 2.24. The standard InChI is InChI=1S/C11H12N2O4S2/c14-1-5-7(15)8(16)9(17-5)4-2-19-10-6(4)12-3-13-11(10)18/h2-3,5,7-9,14-16H,1H2,(H,12,13,18)/t5-,7-,8-,9+/m1/s1. The molecular formula is C11H12N2O4S2. The molecule has 6 nitrogen and oxygen atoms in total. The third-order valence-corrected chi connectivity index (χ3v) is 4.69. The number of hydrogen-bond acceptors (Lipinski definition) is 7. The highest BCUT2D eigenvalue weighted by atomic mass is 32.1. The van der Waals surface area contributed by atoms with Crippen molar-refractivity contribution in [2.24, 2.45) is 0 Å². The van der Waals surface area contributed by atoms with Crippen molar-refractivity contribution in [1.82, 2.24) is 9.97 Å². The van der Waals surface area contributed by atoms with Crippen molar-refractivity contribution in [3.8, 4) is 0 Å². The van der Waals surface area contributed by atoms with Crippen LogP contribution in [0.15, 0.2) is 11.7 Å². The van der Waals surface area contributed by atoms with E-state index in [1.165, 1.54) is 17.7 Å². The summed E-state index contributed by atoms with van der Waals surface area (Å²) < 4.78 is 6.89. The lowest BCUT2D eigenvalue weighted by Crippen LogP contribution is -2.32. The Morgan fingerprint density at radius 3 is 2.89 bits per heavy atom. The van der Waals surface area contributed by atoms with E-state index in [1.807, 2.05) is 5.38 Å². The number of aromatic amines is 1. The zero-order valence-corrected chi connectivity index (χ0v) is 11.3. The highest BCUT2D eigenvalue weighted by Gasteiger charge is 2.44. The molecule has 0 aromatic carbocycles. The molecule has 19 heavy (non-hydrogen) atoms. The van der Waals surface area contributed by atoms with E-state index in [-0.39, 0.29) is 6.61 Å². The largest absolute Gasteiger partial charge is 0.394 e. The number of nitrogens with one attached hydrogen (secondary N) is 1. The zero-order chi connectivity index (χ0) is 13.6. The Kier molecular flexibility index (Phi) is 3.37. The van der Waals surface area contributed by atoms with Crippen LogP contribution < -0.4 is 0 Å². The predicted octanol–water partition coefficient (Wildman–Crippen LogP) is 0.508. The van der Waals surface area contributed by atoms with Crippen LogP contribution in [0.2, 0.25) is 0 Å². The summed E-state index contributed by atoms with van der Waals surface area (Å²) in [6.45, 7) is -0.343. The number of thiophene rings is 1. The van der Waals surface area contributed by atoms with Crippen molar-refractivity contribution >= 4 is 33.8 Å². The molecule has 2 aromatic heterocycles. The predicted molar refractivity (Wildman–Crippen MR) is 71.5 cm³/mol. The first-order valence-corrected chi connectivity index (χ1v) is 6.99. The number of aliphatic hydroxyl groups excluding tert-OH is 3. The third kappa shape index (κ3) is 2.00. The first-order chi connectivity index (χ1) is 9.13. The molecule has 3 heterocycles. The van der Waals surface area contributed by atoms with Crippen LogP contribution in [0.25, 0.3) is 10.2 Å². The average Bonchev–Trinajstić information content (AvgIpc) is 2.94. The minimum absolute atomic E-state index is 0.343. The number of ether oxygens (including phenoxy) is 1. The monoisotopic (exact) mass is 300 g/mol. The van der Waals surface area contributed by atoms with Gasteiger partial charge in [0.1, 0.15) is 29.1 Å². The first kappa shape index (κ1) is 13.1. The van der Waals surface area contributed by atoms with Gasteiger partial charge in [0.05, 0.1) is 23.2 Å². The minimum Gasteiger partial charge on any atom is -0.394 e. The molecule has 0 aliphatic carbocycles. The molecule has 1 aliphatic heterocycles. The maximum absolute atomic E-state index is 10.0. The summed E-state index contributed by atoms with van der Waals surface area (Å²) in [7, 11) is 0. The molecule has 102 valence electrons. The number of nitrogens with zero attached hydrogens (tertiary/aromatic N) is 1. The number of fused-ring (bicyclic) bond motifs is 1. The molecule has 3 rings (SSSR count). The molecule has 0 bridgehead atoms. The van der Waals surface area contributed by atoms with E-state index in [0.717, 1.165) is 4.70 Å². The summed E-state index contributed by atoms with van der Waals surface area (Å²) in [4.78, 5) is 7.05. The molecular weight excluding hydrogens is 288 g/mol. The molecule has 8 heteroatoms. The van der Waals surface area contributed by atoms with Crippen LogP contribution in [-0.4, -0.2) is 50.2 Å². The number of H-pyrrole nitrogens is 1. The lowest BCUT2D eigenvalue weighted by atomic mass is 10.0. The maximum atomic E-state index is 10.0. The summed E-state index contributed by atoms with van der Waals surface area (Å²) in [5, 5.41) is 30.7. The Hall–Kier alpha value is -0.900. The molecule has 0 saturated carbocycles. The van der Waals surface area contributed by atoms with Gasteiger partial charge in [0, 0.05) is 5.56 Å². The van der Waals surface area contributed by atoms with Crippen molar-refractivity contribution in [3.63, 3.8) is 0 Å². The van der Waals surface area contributed by atoms with Crippen LogP contribution in [-0.2, 0) is 4.74 Å². The first-order valence-electron chi connectivity index (χ1n) is 5.70. The average molecular weight is 300 g/mol. The number of hydrogen-bond donors (Lipinski definition) is 4. The van der Waals surface area contributed by atoms with Gasteiger partial charge in [0.2, 0.25) is 0 Å². The van der Waals surface area contributed by atoms with Gasteiger partial charge in [0.25, 0.3) is 0 Å². The highest BCUT2D eigenvalue weighted by molar-refractivity contribution is 7.71. The fraction of sp³-hybridized carbons (Fsp3) is 0.455. The fourth-order valence-corrected chi connectivity index (χ4v) is 3.47. The summed E-state index contributed by atoms with van der Waals surface area (Å²) in [6.07, 6.45) is -2.20. The third-order valence-electron chi connectivity index (χ3n) is 3.24. The Morgan fingerprint density at radius 2 is 2.21 bits per heavy atom. The van der Waals surface area contributed by atoms with E-state index in [4.69, 9.17) is 22.1 Å². The van der Waals surface area contributed by atoms with Crippen molar-refractivity contribution in [2.45, 2.75) is 24.4 Å². The van der Waals surface area contributed by atoms with Gasteiger partial charge in [-0.3, -0.25) is 0 Å². The van der Waals surface area contributed by atoms with Gasteiger partial charge in [-0.2, -0.15) is 0 Å². The number of aliphatic hydroxyl groups is 3. The Bertz CT molecular complexity index is 655. The van der Waals surface area contributed by atoms with Gasteiger partial charge < -0.3 is 25.0 Å². The highest BCUT2D eigenvalue weighted by Crippen LogP contribution is 2.38. The SMILES string of the molecule is OC[C@H]1O[C@@H](c2csc3c(=S)[nH]cnc23)[C@H](O)[C@@H]1O.